The van der Waals surface area contributed by atoms with Crippen molar-refractivity contribution >= 4 is 0 Å². The fourth-order valence-electron chi connectivity index (χ4n) is 1.24. The second-order valence-corrected chi connectivity index (χ2v) is 3.99. The summed E-state index contributed by atoms with van der Waals surface area (Å²) in [6.45, 7) is 3.08. The number of methoxy groups -OCH3 is 1. The highest BCUT2D eigenvalue weighted by Crippen LogP contribution is 2.18. The number of hydrogen-bond donors (Lipinski definition) is 0. The molecule has 0 N–H and O–H groups in total. The van der Waals surface area contributed by atoms with Crippen molar-refractivity contribution in [1.82, 2.24) is 0 Å². The third-order valence-corrected chi connectivity index (χ3v) is 2.17. The minimum Gasteiger partial charge on any atom is -0.497 e. The molecule has 0 fully saturated rings. The Labute approximate surface area is 93.2 Å². The minimum atomic E-state index is -2.48. The van der Waals surface area contributed by atoms with Gasteiger partial charge in [0.25, 0.3) is 0 Å². The van der Waals surface area contributed by atoms with E-state index in [2.05, 4.69) is 0 Å². The molecule has 0 aromatic heterocycles. The van der Waals surface area contributed by atoms with Crippen molar-refractivity contribution in [2.75, 3.05) is 7.04 Å². The van der Waals surface area contributed by atoms with Gasteiger partial charge in [0.05, 0.1) is 11.2 Å². The molecule has 0 heterocycles. The Morgan fingerprint density at radius 1 is 1.47 bits per heavy atom. The normalized spacial score (nSPS) is 14.9. The van der Waals surface area contributed by atoms with E-state index in [1.165, 1.54) is 12.1 Å². The summed E-state index contributed by atoms with van der Waals surface area (Å²) >= 11 is 0. The number of ether oxygens (including phenoxy) is 1. The first-order valence-electron chi connectivity index (χ1n) is 6.03. The van der Waals surface area contributed by atoms with Gasteiger partial charge in [-0.2, -0.15) is 0 Å². The second kappa shape index (κ2) is 4.29. The first-order chi connectivity index (χ1) is 8.10. The van der Waals surface area contributed by atoms with Crippen LogP contribution in [0.2, 0.25) is 0 Å². The van der Waals surface area contributed by atoms with Gasteiger partial charge in [0.2, 0.25) is 5.54 Å². The molecule has 0 saturated heterocycles. The van der Waals surface area contributed by atoms with Crippen molar-refractivity contribution in [2.24, 2.45) is 0 Å². The molecule has 15 heavy (non-hydrogen) atoms. The Bertz CT molecular complexity index is 426. The monoisotopic (exact) mass is 212 g/mol. The van der Waals surface area contributed by atoms with Crippen LogP contribution >= 0.6 is 0 Å². The molecule has 4 nitrogen and oxygen atoms in total. The molecule has 1 aromatic rings. The van der Waals surface area contributed by atoms with E-state index in [-0.39, 0.29) is 17.1 Å². The lowest BCUT2D eigenvalue weighted by molar-refractivity contribution is -0.560. The lowest BCUT2D eigenvalue weighted by Crippen LogP contribution is -2.33. The van der Waals surface area contributed by atoms with Crippen LogP contribution in [0.25, 0.3) is 0 Å². The standard InChI is InChI=1S/C11H15NO3/c1-11(2,12(13)14)8-9-4-6-10(15-3)7-5-9/h4-7H,8H2,1-3H3/i3D3. The highest BCUT2D eigenvalue weighted by Gasteiger charge is 2.30. The van der Waals surface area contributed by atoms with Gasteiger partial charge in [0, 0.05) is 25.2 Å². The van der Waals surface area contributed by atoms with Gasteiger partial charge in [0.15, 0.2) is 0 Å². The predicted octanol–water partition coefficient (Wildman–Crippen LogP) is 2.29. The molecule has 0 bridgehead atoms. The Hall–Kier alpha value is -1.58. The lowest BCUT2D eigenvalue weighted by atomic mass is 9.96. The van der Waals surface area contributed by atoms with Gasteiger partial charge in [-0.15, -0.1) is 0 Å². The molecule has 1 rings (SSSR count). The van der Waals surface area contributed by atoms with Gasteiger partial charge < -0.3 is 4.74 Å². The number of benzene rings is 1. The molecule has 0 aliphatic carbocycles. The molecule has 0 aliphatic heterocycles. The highest BCUT2D eigenvalue weighted by molar-refractivity contribution is 5.27. The molecule has 0 radical (unpaired) electrons. The molecular weight excluding hydrogens is 194 g/mol. The van der Waals surface area contributed by atoms with Crippen LogP contribution in [0.15, 0.2) is 24.3 Å². The fraction of sp³-hybridized carbons (Fsp3) is 0.455. The van der Waals surface area contributed by atoms with E-state index < -0.39 is 12.6 Å². The average molecular weight is 212 g/mol. The fourth-order valence-corrected chi connectivity index (χ4v) is 1.24. The van der Waals surface area contributed by atoms with Crippen LogP contribution in [0.3, 0.4) is 0 Å². The van der Waals surface area contributed by atoms with Crippen LogP contribution in [-0.4, -0.2) is 17.5 Å². The van der Waals surface area contributed by atoms with E-state index in [4.69, 9.17) is 8.85 Å². The maximum Gasteiger partial charge on any atom is 0.220 e. The number of rotatable bonds is 4. The second-order valence-electron chi connectivity index (χ2n) is 3.99. The lowest BCUT2D eigenvalue weighted by Gasteiger charge is -2.15. The van der Waals surface area contributed by atoms with Crippen molar-refractivity contribution < 1.29 is 13.8 Å². The summed E-state index contributed by atoms with van der Waals surface area (Å²) in [6.07, 6.45) is 0.272. The van der Waals surface area contributed by atoms with E-state index >= 15 is 0 Å². The van der Waals surface area contributed by atoms with Gasteiger partial charge in [-0.05, 0) is 17.7 Å². The predicted molar refractivity (Wildman–Crippen MR) is 57.8 cm³/mol. The zero-order chi connectivity index (χ0) is 14.0. The van der Waals surface area contributed by atoms with E-state index in [0.29, 0.717) is 0 Å². The van der Waals surface area contributed by atoms with Crippen LogP contribution in [0.1, 0.15) is 23.5 Å². The molecule has 0 amide bonds. The van der Waals surface area contributed by atoms with Gasteiger partial charge in [-0.25, -0.2) is 0 Å². The average Bonchev–Trinajstić information content (AvgIpc) is 2.18. The zero-order valence-corrected chi connectivity index (χ0v) is 8.69. The molecule has 4 heteroatoms. The Morgan fingerprint density at radius 3 is 2.53 bits per heavy atom. The van der Waals surface area contributed by atoms with Crippen molar-refractivity contribution in [3.63, 3.8) is 0 Å². The van der Waals surface area contributed by atoms with Crippen molar-refractivity contribution in [3.05, 3.63) is 39.9 Å². The Balaban J connectivity index is 2.75. The van der Waals surface area contributed by atoms with Crippen LogP contribution in [0.5, 0.6) is 5.75 Å². The summed E-state index contributed by atoms with van der Waals surface area (Å²) in [5.74, 6) is 0.220. The SMILES string of the molecule is [2H]C([2H])([2H])Oc1ccc(CC(C)(C)[N+](=O)[O-])cc1. The molecule has 0 spiro atoms. The number of nitrogens with zero attached hydrogens (tertiary/aromatic N) is 1. The summed E-state index contributed by atoms with van der Waals surface area (Å²) in [6, 6.07) is 6.26. The van der Waals surface area contributed by atoms with Gasteiger partial charge >= 0.3 is 0 Å². The van der Waals surface area contributed by atoms with Gasteiger partial charge in [0.1, 0.15) is 5.75 Å². The van der Waals surface area contributed by atoms with Crippen molar-refractivity contribution in [3.8, 4) is 5.75 Å². The zero-order valence-electron chi connectivity index (χ0n) is 11.7. The molecule has 0 atom stereocenters. The molecule has 0 saturated carbocycles. The van der Waals surface area contributed by atoms with Crippen LogP contribution in [-0.2, 0) is 6.42 Å². The topological polar surface area (TPSA) is 52.4 Å². The van der Waals surface area contributed by atoms with Crippen LogP contribution < -0.4 is 4.74 Å². The number of nitro groups is 1. The third-order valence-electron chi connectivity index (χ3n) is 2.17. The largest absolute Gasteiger partial charge is 0.497 e. The van der Waals surface area contributed by atoms with E-state index in [9.17, 15) is 10.1 Å². The summed E-state index contributed by atoms with van der Waals surface area (Å²) in [7, 11) is -2.48. The minimum absolute atomic E-state index is 0.220. The molecule has 0 aliphatic rings. The number of hydrogen-bond acceptors (Lipinski definition) is 3. The highest BCUT2D eigenvalue weighted by atomic mass is 16.6. The van der Waals surface area contributed by atoms with Gasteiger partial charge in [-0.1, -0.05) is 12.1 Å². The van der Waals surface area contributed by atoms with Crippen molar-refractivity contribution in [2.45, 2.75) is 25.8 Å². The summed E-state index contributed by atoms with van der Waals surface area (Å²) < 4.78 is 25.5. The van der Waals surface area contributed by atoms with Gasteiger partial charge in [-0.3, -0.25) is 10.1 Å². The maximum absolute atomic E-state index is 10.8. The maximum atomic E-state index is 10.8. The first kappa shape index (κ1) is 7.68. The Kier molecular flexibility index (Phi) is 2.20. The first-order valence-corrected chi connectivity index (χ1v) is 4.53. The molecule has 1 aromatic carbocycles. The molecular formula is C11H15NO3. The van der Waals surface area contributed by atoms with Crippen LogP contribution in [0.4, 0.5) is 0 Å². The van der Waals surface area contributed by atoms with Crippen molar-refractivity contribution in [1.29, 1.82) is 0 Å². The van der Waals surface area contributed by atoms with E-state index in [1.54, 1.807) is 26.0 Å². The van der Waals surface area contributed by atoms with E-state index in [1.807, 2.05) is 0 Å². The quantitative estimate of drug-likeness (QED) is 0.568. The van der Waals surface area contributed by atoms with E-state index in [0.717, 1.165) is 5.56 Å². The molecule has 0 unspecified atom stereocenters. The smallest absolute Gasteiger partial charge is 0.220 e. The third kappa shape index (κ3) is 2.94. The summed E-state index contributed by atoms with van der Waals surface area (Å²) in [5, 5.41) is 10.8. The van der Waals surface area contributed by atoms with Crippen LogP contribution in [0, 0.1) is 10.1 Å². The molecule has 82 valence electrons. The Morgan fingerprint density at radius 2 is 2.07 bits per heavy atom. The summed E-state index contributed by atoms with van der Waals surface area (Å²) in [5.41, 5.74) is -0.290. The summed E-state index contributed by atoms with van der Waals surface area (Å²) in [4.78, 5) is 10.5.